The lowest BCUT2D eigenvalue weighted by atomic mass is 9.54. The number of hydrogen-bond acceptors (Lipinski definition) is 2. The van der Waals surface area contributed by atoms with E-state index in [2.05, 4.69) is 85.1 Å². The Kier molecular flexibility index (Phi) is 6.33. The van der Waals surface area contributed by atoms with Crippen molar-refractivity contribution in [2.24, 2.45) is 22.2 Å². The first-order chi connectivity index (χ1) is 14.0. The molecule has 2 aliphatic carbocycles. The molecule has 0 N–H and O–H groups in total. The normalized spacial score (nSPS) is 28.8. The maximum atomic E-state index is 5.47. The number of fused-ring (bicyclic) bond motifs is 3. The molecule has 0 radical (unpaired) electrons. The summed E-state index contributed by atoms with van der Waals surface area (Å²) in [5.74, 6) is 3.16. The van der Waals surface area contributed by atoms with Crippen molar-refractivity contribution in [1.29, 1.82) is 0 Å². The quantitative estimate of drug-likeness (QED) is 0.306. The van der Waals surface area contributed by atoms with Crippen LogP contribution in [0.1, 0.15) is 63.0 Å². The highest BCUT2D eigenvalue weighted by molar-refractivity contribution is 14.1. The fraction of sp³-hybridized carbons (Fsp3) is 0.500. The fourth-order valence-electron chi connectivity index (χ4n) is 5.83. The standard InChI is InChI=1S/C26H32INO/c1-4-6-25-24-11-9-18-15-21(29-3)10-12-22(18)23(24)13-14-26(25,2)17-28-20-8-5-7-19(27)16-20/h5,7-8,10,12,15-17,23-25H,4,6,9,11,13-14H2,1-3H3/t23-,24-,25+,26-/m1/s1. The summed E-state index contributed by atoms with van der Waals surface area (Å²) >= 11 is 2.37. The summed E-state index contributed by atoms with van der Waals surface area (Å²) in [6.07, 6.45) is 9.80. The van der Waals surface area contributed by atoms with Gasteiger partial charge in [-0.2, -0.15) is 0 Å². The van der Waals surface area contributed by atoms with Crippen LogP contribution in [0.25, 0.3) is 0 Å². The lowest BCUT2D eigenvalue weighted by molar-refractivity contribution is 0.0784. The molecule has 0 heterocycles. The van der Waals surface area contributed by atoms with Crippen LogP contribution in [0.4, 0.5) is 5.69 Å². The highest BCUT2D eigenvalue weighted by Crippen LogP contribution is 2.55. The number of aliphatic imine (C=N–C) groups is 1. The van der Waals surface area contributed by atoms with Crippen molar-refractivity contribution >= 4 is 34.5 Å². The lowest BCUT2D eigenvalue weighted by Crippen LogP contribution is -2.43. The molecule has 0 aliphatic heterocycles. The Bertz CT molecular complexity index is 892. The van der Waals surface area contributed by atoms with Gasteiger partial charge >= 0.3 is 0 Å². The van der Waals surface area contributed by atoms with E-state index in [-0.39, 0.29) is 5.41 Å². The summed E-state index contributed by atoms with van der Waals surface area (Å²) in [6.45, 7) is 4.80. The van der Waals surface area contributed by atoms with Crippen molar-refractivity contribution in [3.63, 3.8) is 0 Å². The van der Waals surface area contributed by atoms with E-state index < -0.39 is 0 Å². The SMILES string of the molecule is CCC[C@H]1[C@@H]2CCc3cc(OC)ccc3[C@H]2CC[C@]1(C)C=Nc1cccc(I)c1. The summed E-state index contributed by atoms with van der Waals surface area (Å²) in [6, 6.07) is 15.3. The van der Waals surface area contributed by atoms with Gasteiger partial charge in [-0.3, -0.25) is 4.99 Å². The molecule has 1 fully saturated rings. The summed E-state index contributed by atoms with van der Waals surface area (Å²) in [4.78, 5) is 4.95. The Morgan fingerprint density at radius 1 is 1.21 bits per heavy atom. The number of halogens is 1. The molecule has 1 saturated carbocycles. The van der Waals surface area contributed by atoms with Crippen LogP contribution in [-0.4, -0.2) is 13.3 Å². The van der Waals surface area contributed by atoms with Crippen molar-refractivity contribution in [3.05, 3.63) is 57.2 Å². The predicted octanol–water partition coefficient (Wildman–Crippen LogP) is 7.56. The average Bonchev–Trinajstić information content (AvgIpc) is 2.74. The van der Waals surface area contributed by atoms with Gasteiger partial charge in [-0.15, -0.1) is 0 Å². The number of nitrogens with zero attached hydrogens (tertiary/aromatic N) is 1. The molecule has 2 aromatic carbocycles. The largest absolute Gasteiger partial charge is 0.497 e. The molecule has 0 bridgehead atoms. The van der Waals surface area contributed by atoms with E-state index in [4.69, 9.17) is 9.73 Å². The van der Waals surface area contributed by atoms with Crippen molar-refractivity contribution in [2.45, 2.75) is 58.3 Å². The Balaban J connectivity index is 1.62. The molecule has 0 unspecified atom stereocenters. The van der Waals surface area contributed by atoms with Crippen molar-refractivity contribution in [3.8, 4) is 5.75 Å². The van der Waals surface area contributed by atoms with Gasteiger partial charge in [0, 0.05) is 15.2 Å². The smallest absolute Gasteiger partial charge is 0.119 e. The summed E-state index contributed by atoms with van der Waals surface area (Å²) < 4.78 is 6.72. The van der Waals surface area contributed by atoms with Crippen LogP contribution >= 0.6 is 22.6 Å². The van der Waals surface area contributed by atoms with Crippen LogP contribution in [0.15, 0.2) is 47.5 Å². The van der Waals surface area contributed by atoms with Crippen molar-refractivity contribution in [1.82, 2.24) is 0 Å². The van der Waals surface area contributed by atoms with Crippen LogP contribution < -0.4 is 4.74 Å². The van der Waals surface area contributed by atoms with Gasteiger partial charge in [-0.1, -0.05) is 32.4 Å². The molecular weight excluding hydrogens is 469 g/mol. The molecule has 0 aromatic heterocycles. The van der Waals surface area contributed by atoms with Gasteiger partial charge in [0.25, 0.3) is 0 Å². The maximum Gasteiger partial charge on any atom is 0.119 e. The number of hydrogen-bond donors (Lipinski definition) is 0. The second-order valence-corrected chi connectivity index (χ2v) is 10.3. The van der Waals surface area contributed by atoms with E-state index in [9.17, 15) is 0 Å². The Labute approximate surface area is 189 Å². The number of ether oxygens (including phenoxy) is 1. The fourth-order valence-corrected chi connectivity index (χ4v) is 6.35. The first-order valence-corrected chi connectivity index (χ1v) is 12.1. The molecule has 29 heavy (non-hydrogen) atoms. The Hall–Kier alpha value is -1.36. The van der Waals surface area contributed by atoms with Crippen molar-refractivity contribution < 1.29 is 4.74 Å². The first-order valence-electron chi connectivity index (χ1n) is 11.0. The van der Waals surface area contributed by atoms with Gasteiger partial charge in [0.15, 0.2) is 0 Å². The minimum atomic E-state index is 0.183. The van der Waals surface area contributed by atoms with Gasteiger partial charge in [0.2, 0.25) is 0 Å². The second-order valence-electron chi connectivity index (χ2n) is 9.05. The molecular formula is C26H32INO. The van der Waals surface area contributed by atoms with E-state index in [0.717, 1.165) is 17.4 Å². The number of benzene rings is 2. The average molecular weight is 501 g/mol. The number of methoxy groups -OCH3 is 1. The zero-order chi connectivity index (χ0) is 20.4. The van der Waals surface area contributed by atoms with Crippen LogP contribution in [0.2, 0.25) is 0 Å². The monoisotopic (exact) mass is 501 g/mol. The molecule has 2 nitrogen and oxygen atoms in total. The minimum absolute atomic E-state index is 0.183. The van der Waals surface area contributed by atoms with E-state index in [1.807, 2.05) is 0 Å². The van der Waals surface area contributed by atoms with E-state index in [1.54, 1.807) is 12.7 Å². The van der Waals surface area contributed by atoms with E-state index >= 15 is 0 Å². The minimum Gasteiger partial charge on any atom is -0.497 e. The number of rotatable bonds is 5. The van der Waals surface area contributed by atoms with Crippen LogP contribution in [0.5, 0.6) is 5.75 Å². The molecule has 0 amide bonds. The van der Waals surface area contributed by atoms with Gasteiger partial charge in [-0.25, -0.2) is 0 Å². The molecule has 2 aliphatic rings. The van der Waals surface area contributed by atoms with Crippen molar-refractivity contribution in [2.75, 3.05) is 7.11 Å². The molecule has 154 valence electrons. The molecule has 0 saturated heterocycles. The number of aryl methyl sites for hydroxylation is 1. The van der Waals surface area contributed by atoms with Gasteiger partial charge in [-0.05, 0) is 114 Å². The summed E-state index contributed by atoms with van der Waals surface area (Å²) in [5, 5.41) is 0. The predicted molar refractivity (Wildman–Crippen MR) is 131 cm³/mol. The Morgan fingerprint density at radius 2 is 2.07 bits per heavy atom. The van der Waals surface area contributed by atoms with Gasteiger partial charge < -0.3 is 4.74 Å². The van der Waals surface area contributed by atoms with E-state index in [0.29, 0.717) is 11.8 Å². The molecule has 0 spiro atoms. The first kappa shape index (κ1) is 20.9. The van der Waals surface area contributed by atoms with Crippen LogP contribution in [0.3, 0.4) is 0 Å². The zero-order valence-electron chi connectivity index (χ0n) is 17.8. The summed E-state index contributed by atoms with van der Waals surface area (Å²) in [5.41, 5.74) is 4.36. The molecule has 2 aromatic rings. The highest BCUT2D eigenvalue weighted by atomic mass is 127. The van der Waals surface area contributed by atoms with E-state index in [1.165, 1.54) is 47.7 Å². The lowest BCUT2D eigenvalue weighted by Gasteiger charge is -2.50. The van der Waals surface area contributed by atoms with Gasteiger partial charge in [0.05, 0.1) is 12.8 Å². The van der Waals surface area contributed by atoms with Crippen LogP contribution in [-0.2, 0) is 6.42 Å². The molecule has 4 rings (SSSR count). The maximum absolute atomic E-state index is 5.47. The second kappa shape index (κ2) is 8.79. The zero-order valence-corrected chi connectivity index (χ0v) is 20.0. The molecule has 3 heteroatoms. The third kappa shape index (κ3) is 4.26. The summed E-state index contributed by atoms with van der Waals surface area (Å²) in [7, 11) is 1.77. The van der Waals surface area contributed by atoms with Gasteiger partial charge in [0.1, 0.15) is 5.75 Å². The molecule has 4 atom stereocenters. The topological polar surface area (TPSA) is 21.6 Å². The third-order valence-corrected chi connectivity index (χ3v) is 7.96. The van der Waals surface area contributed by atoms with Crippen LogP contribution in [0, 0.1) is 20.8 Å². The Morgan fingerprint density at radius 3 is 2.83 bits per heavy atom. The third-order valence-electron chi connectivity index (χ3n) is 7.29. The highest BCUT2D eigenvalue weighted by Gasteiger charge is 2.47.